The zero-order chi connectivity index (χ0) is 16.4. The maximum atomic E-state index is 6.31. The molecule has 0 amide bonds. The van der Waals surface area contributed by atoms with Crippen molar-refractivity contribution >= 4 is 11.3 Å². The van der Waals surface area contributed by atoms with Crippen molar-refractivity contribution in [2.75, 3.05) is 13.2 Å². The Morgan fingerprint density at radius 3 is 3.08 bits per heavy atom. The van der Waals surface area contributed by atoms with E-state index in [1.165, 1.54) is 9.75 Å². The van der Waals surface area contributed by atoms with Crippen LogP contribution in [0.5, 0.6) is 0 Å². The molecule has 1 saturated carbocycles. The van der Waals surface area contributed by atoms with Crippen LogP contribution in [0.3, 0.4) is 0 Å². The molecule has 1 aliphatic carbocycles. The Labute approximate surface area is 147 Å². The van der Waals surface area contributed by atoms with E-state index in [4.69, 9.17) is 9.47 Å². The second-order valence-electron chi connectivity index (χ2n) is 6.67. The highest BCUT2D eigenvalue weighted by atomic mass is 32.1. The lowest BCUT2D eigenvalue weighted by molar-refractivity contribution is -0.0614. The van der Waals surface area contributed by atoms with Crippen molar-refractivity contribution in [1.29, 1.82) is 0 Å². The van der Waals surface area contributed by atoms with Gasteiger partial charge in [0.1, 0.15) is 0 Å². The Morgan fingerprint density at radius 1 is 1.33 bits per heavy atom. The van der Waals surface area contributed by atoms with Crippen molar-refractivity contribution in [1.82, 2.24) is 9.88 Å². The molecule has 2 fully saturated rings. The molecule has 2 bridgehead atoms. The molecule has 128 valence electrons. The minimum Gasteiger partial charge on any atom is -0.374 e. The summed E-state index contributed by atoms with van der Waals surface area (Å²) in [5, 5.41) is 0. The molecule has 0 spiro atoms. The highest BCUT2D eigenvalue weighted by Crippen LogP contribution is 2.34. The van der Waals surface area contributed by atoms with Crippen LogP contribution in [0.25, 0.3) is 0 Å². The SMILES string of the molecule is Cc1ccc(CN2CCOC3CCC2C3OCc2cccnc2)s1. The number of nitrogens with zero attached hydrogens (tertiary/aromatic N) is 2. The van der Waals surface area contributed by atoms with Gasteiger partial charge in [0.25, 0.3) is 0 Å². The standard InChI is InChI=1S/C19H24N2O2S/c1-14-4-5-16(24-14)12-21-9-10-22-18-7-6-17(21)19(18)23-13-15-3-2-8-20-11-15/h2-5,8,11,17-19H,6-7,9-10,12-13H2,1H3. The molecule has 3 atom stereocenters. The van der Waals surface area contributed by atoms with E-state index in [0.29, 0.717) is 12.6 Å². The summed E-state index contributed by atoms with van der Waals surface area (Å²) < 4.78 is 12.4. The quantitative estimate of drug-likeness (QED) is 0.833. The van der Waals surface area contributed by atoms with Gasteiger partial charge in [-0.05, 0) is 43.5 Å². The predicted octanol–water partition coefficient (Wildman–Crippen LogP) is 3.40. The number of fused-ring (bicyclic) bond motifs is 2. The molecule has 3 unspecified atom stereocenters. The van der Waals surface area contributed by atoms with Crippen LogP contribution in [0.15, 0.2) is 36.7 Å². The summed E-state index contributed by atoms with van der Waals surface area (Å²) in [5.74, 6) is 0. The Balaban J connectivity index is 1.45. The first kappa shape index (κ1) is 16.2. The van der Waals surface area contributed by atoms with E-state index >= 15 is 0 Å². The summed E-state index contributed by atoms with van der Waals surface area (Å²) in [5.41, 5.74) is 1.13. The van der Waals surface area contributed by atoms with Crippen molar-refractivity contribution in [3.63, 3.8) is 0 Å². The number of thiophene rings is 1. The van der Waals surface area contributed by atoms with Crippen molar-refractivity contribution in [2.24, 2.45) is 0 Å². The first-order valence-corrected chi connectivity index (χ1v) is 9.53. The van der Waals surface area contributed by atoms with Gasteiger partial charge in [-0.3, -0.25) is 9.88 Å². The summed E-state index contributed by atoms with van der Waals surface area (Å²) in [6, 6.07) is 8.95. The van der Waals surface area contributed by atoms with Crippen LogP contribution in [0.1, 0.15) is 28.2 Å². The van der Waals surface area contributed by atoms with E-state index in [1.54, 1.807) is 6.20 Å². The fraction of sp³-hybridized carbons (Fsp3) is 0.526. The van der Waals surface area contributed by atoms with E-state index in [-0.39, 0.29) is 12.2 Å². The summed E-state index contributed by atoms with van der Waals surface area (Å²) in [6.45, 7) is 5.58. The van der Waals surface area contributed by atoms with E-state index in [2.05, 4.69) is 35.0 Å². The van der Waals surface area contributed by atoms with Crippen molar-refractivity contribution in [2.45, 2.75) is 51.2 Å². The first-order valence-electron chi connectivity index (χ1n) is 8.71. The van der Waals surface area contributed by atoms with E-state index in [9.17, 15) is 0 Å². The van der Waals surface area contributed by atoms with Crippen LogP contribution < -0.4 is 0 Å². The molecule has 4 rings (SSSR count). The monoisotopic (exact) mass is 344 g/mol. The summed E-state index contributed by atoms with van der Waals surface area (Å²) >= 11 is 1.89. The Kier molecular flexibility index (Phi) is 4.94. The largest absolute Gasteiger partial charge is 0.374 e. The van der Waals surface area contributed by atoms with Crippen LogP contribution in [-0.4, -0.2) is 41.3 Å². The van der Waals surface area contributed by atoms with Gasteiger partial charge in [0.05, 0.1) is 25.4 Å². The second-order valence-corrected chi connectivity index (χ2v) is 8.05. The maximum absolute atomic E-state index is 6.31. The zero-order valence-electron chi connectivity index (χ0n) is 14.1. The second kappa shape index (κ2) is 7.31. The van der Waals surface area contributed by atoms with Gasteiger partial charge in [-0.15, -0.1) is 11.3 Å². The average molecular weight is 344 g/mol. The number of aromatic nitrogens is 1. The number of hydrogen-bond acceptors (Lipinski definition) is 5. The van der Waals surface area contributed by atoms with Gasteiger partial charge >= 0.3 is 0 Å². The smallest absolute Gasteiger partial charge is 0.0995 e. The molecule has 0 N–H and O–H groups in total. The fourth-order valence-corrected chi connectivity index (χ4v) is 4.74. The lowest BCUT2D eigenvalue weighted by atomic mass is 10.1. The molecule has 24 heavy (non-hydrogen) atoms. The molecule has 0 radical (unpaired) electrons. The fourth-order valence-electron chi connectivity index (χ4n) is 3.83. The van der Waals surface area contributed by atoms with Crippen LogP contribution in [-0.2, 0) is 22.6 Å². The molecule has 5 heteroatoms. The van der Waals surface area contributed by atoms with Crippen molar-refractivity contribution in [3.05, 3.63) is 52.0 Å². The molecule has 2 aromatic rings. The highest BCUT2D eigenvalue weighted by molar-refractivity contribution is 7.11. The topological polar surface area (TPSA) is 34.6 Å². The van der Waals surface area contributed by atoms with Crippen LogP contribution in [0, 0.1) is 6.92 Å². The van der Waals surface area contributed by atoms with Gasteiger partial charge in [0, 0.05) is 41.3 Å². The van der Waals surface area contributed by atoms with Crippen LogP contribution in [0.4, 0.5) is 0 Å². The van der Waals surface area contributed by atoms with Gasteiger partial charge in [0.2, 0.25) is 0 Å². The first-order chi connectivity index (χ1) is 11.8. The van der Waals surface area contributed by atoms with Crippen molar-refractivity contribution < 1.29 is 9.47 Å². The van der Waals surface area contributed by atoms with Gasteiger partial charge in [-0.2, -0.15) is 0 Å². The van der Waals surface area contributed by atoms with Crippen LogP contribution >= 0.6 is 11.3 Å². The molecule has 1 saturated heterocycles. The van der Waals surface area contributed by atoms with E-state index < -0.39 is 0 Å². The third-order valence-electron chi connectivity index (χ3n) is 4.99. The molecule has 2 aromatic heterocycles. The molecule has 4 nitrogen and oxygen atoms in total. The number of pyridine rings is 1. The van der Waals surface area contributed by atoms with Gasteiger partial charge in [0.15, 0.2) is 0 Å². The molecule has 1 aliphatic heterocycles. The molecule has 0 aromatic carbocycles. The maximum Gasteiger partial charge on any atom is 0.0995 e. The third kappa shape index (κ3) is 3.54. The zero-order valence-corrected chi connectivity index (χ0v) is 14.9. The lowest BCUT2D eigenvalue weighted by Crippen LogP contribution is -2.42. The summed E-state index contributed by atoms with van der Waals surface area (Å²) in [7, 11) is 0. The molecular formula is C19H24N2O2S. The molecule has 2 aliphatic rings. The number of aryl methyl sites for hydroxylation is 1. The van der Waals surface area contributed by atoms with Gasteiger partial charge in [-0.1, -0.05) is 6.07 Å². The molecular weight excluding hydrogens is 320 g/mol. The highest BCUT2D eigenvalue weighted by Gasteiger charge is 2.43. The van der Waals surface area contributed by atoms with Gasteiger partial charge < -0.3 is 9.47 Å². The average Bonchev–Trinajstić information content (AvgIpc) is 3.13. The van der Waals surface area contributed by atoms with E-state index in [0.717, 1.165) is 38.1 Å². The minimum absolute atomic E-state index is 0.161. The van der Waals surface area contributed by atoms with Crippen molar-refractivity contribution in [3.8, 4) is 0 Å². The normalized spacial score (nSPS) is 27.3. The Bertz CT molecular complexity index is 660. The third-order valence-corrected chi connectivity index (χ3v) is 5.98. The number of hydrogen-bond donors (Lipinski definition) is 0. The lowest BCUT2D eigenvalue weighted by Gasteiger charge is -2.30. The van der Waals surface area contributed by atoms with Crippen LogP contribution in [0.2, 0.25) is 0 Å². The minimum atomic E-state index is 0.161. The number of ether oxygens (including phenoxy) is 2. The molecule has 3 heterocycles. The Morgan fingerprint density at radius 2 is 2.29 bits per heavy atom. The Hall–Kier alpha value is -1.27. The predicted molar refractivity (Wildman–Crippen MR) is 95.0 cm³/mol. The number of rotatable bonds is 5. The van der Waals surface area contributed by atoms with Gasteiger partial charge in [-0.25, -0.2) is 0 Å². The summed E-state index contributed by atoms with van der Waals surface area (Å²) in [6.07, 6.45) is 6.34. The van der Waals surface area contributed by atoms with E-state index in [1.807, 2.05) is 23.6 Å². The summed E-state index contributed by atoms with van der Waals surface area (Å²) in [4.78, 5) is 9.55.